The van der Waals surface area contributed by atoms with Gasteiger partial charge in [-0.2, -0.15) is 0 Å². The van der Waals surface area contributed by atoms with E-state index in [1.54, 1.807) is 14.2 Å². The lowest BCUT2D eigenvalue weighted by Crippen LogP contribution is -2.25. The van der Waals surface area contributed by atoms with E-state index in [1.165, 1.54) is 32.1 Å². The van der Waals surface area contributed by atoms with E-state index in [1.807, 2.05) is 0 Å². The minimum absolute atomic E-state index is 0.558. The summed E-state index contributed by atoms with van der Waals surface area (Å²) in [6.07, 6.45) is 8.66. The first kappa shape index (κ1) is 14.4. The van der Waals surface area contributed by atoms with Gasteiger partial charge in [0.05, 0.1) is 0 Å². The molecular formula is C11H23BrO2. The summed E-state index contributed by atoms with van der Waals surface area (Å²) >= 11 is 3.42. The molecule has 0 saturated heterocycles. The fraction of sp³-hybridized carbons (Fsp3) is 1.00. The fourth-order valence-electron chi connectivity index (χ4n) is 1.40. The van der Waals surface area contributed by atoms with Crippen molar-refractivity contribution in [2.24, 2.45) is 0 Å². The Labute approximate surface area is 96.5 Å². The summed E-state index contributed by atoms with van der Waals surface area (Å²) in [5.41, 5.74) is 0. The van der Waals surface area contributed by atoms with E-state index in [9.17, 15) is 0 Å². The predicted octanol–water partition coefficient (Wildman–Crippen LogP) is 4.08. The molecule has 0 unspecified atom stereocenters. The van der Waals surface area contributed by atoms with Gasteiger partial charge in [0.15, 0.2) is 0 Å². The predicted molar refractivity (Wildman–Crippen MR) is 63.7 cm³/mol. The van der Waals surface area contributed by atoms with E-state index in [2.05, 4.69) is 22.9 Å². The van der Waals surface area contributed by atoms with E-state index in [0.29, 0.717) is 0 Å². The van der Waals surface area contributed by atoms with Crippen LogP contribution in [0.3, 0.4) is 0 Å². The van der Waals surface area contributed by atoms with Crippen LogP contribution in [0, 0.1) is 0 Å². The van der Waals surface area contributed by atoms with Gasteiger partial charge in [0, 0.05) is 20.6 Å². The van der Waals surface area contributed by atoms with Crippen molar-refractivity contribution in [2.45, 2.75) is 56.6 Å². The second-order valence-corrected chi connectivity index (χ2v) is 4.79. The largest absolute Gasteiger partial charge is 0.344 e. The molecule has 0 atom stereocenters. The Balaban J connectivity index is 3.34. The number of alkyl halides is 1. The molecule has 0 saturated carbocycles. The van der Waals surface area contributed by atoms with E-state index >= 15 is 0 Å². The first-order valence-electron chi connectivity index (χ1n) is 5.47. The van der Waals surface area contributed by atoms with E-state index in [4.69, 9.17) is 9.47 Å². The molecule has 0 aromatic rings. The van der Waals surface area contributed by atoms with Gasteiger partial charge in [-0.05, 0) is 22.4 Å². The van der Waals surface area contributed by atoms with Crippen LogP contribution < -0.4 is 0 Å². The number of hydrogen-bond acceptors (Lipinski definition) is 2. The van der Waals surface area contributed by atoms with Crippen LogP contribution >= 0.6 is 15.9 Å². The van der Waals surface area contributed by atoms with E-state index in [-0.39, 0.29) is 0 Å². The number of methoxy groups -OCH3 is 2. The summed E-state index contributed by atoms with van der Waals surface area (Å²) < 4.78 is 9.86. The highest BCUT2D eigenvalue weighted by atomic mass is 79.9. The molecule has 0 fully saturated rings. The lowest BCUT2D eigenvalue weighted by atomic mass is 10.1. The molecule has 0 amide bonds. The molecule has 0 aliphatic rings. The minimum atomic E-state index is -0.558. The van der Waals surface area contributed by atoms with Gasteiger partial charge < -0.3 is 9.47 Å². The average Bonchev–Trinajstić information content (AvgIpc) is 2.23. The molecule has 0 spiro atoms. The zero-order valence-electron chi connectivity index (χ0n) is 9.64. The van der Waals surface area contributed by atoms with Gasteiger partial charge in [-0.1, -0.05) is 39.0 Å². The summed E-state index contributed by atoms with van der Waals surface area (Å²) in [4.78, 5) is 0. The number of hydrogen-bond donors (Lipinski definition) is 0. The lowest BCUT2D eigenvalue weighted by molar-refractivity contribution is -0.132. The van der Waals surface area contributed by atoms with Gasteiger partial charge in [-0.3, -0.25) is 0 Å². The van der Waals surface area contributed by atoms with Crippen LogP contribution in [0.15, 0.2) is 0 Å². The Morgan fingerprint density at radius 3 is 1.93 bits per heavy atom. The number of halogens is 1. The van der Waals surface area contributed by atoms with Crippen LogP contribution in [0.4, 0.5) is 0 Å². The monoisotopic (exact) mass is 266 g/mol. The van der Waals surface area contributed by atoms with Crippen molar-refractivity contribution >= 4 is 15.9 Å². The molecule has 2 nitrogen and oxygen atoms in total. The molecule has 14 heavy (non-hydrogen) atoms. The first-order chi connectivity index (χ1) is 6.68. The van der Waals surface area contributed by atoms with Gasteiger partial charge >= 0.3 is 0 Å². The smallest absolute Gasteiger partial charge is 0.225 e. The van der Waals surface area contributed by atoms with Gasteiger partial charge in [0.25, 0.3) is 0 Å². The standard InChI is InChI=1S/C11H23BrO2/c1-4-5-6-7-8-9-10-11(12,13-2)14-3/h4-10H2,1-3H3. The third kappa shape index (κ3) is 6.80. The fourth-order valence-corrected chi connectivity index (χ4v) is 1.68. The Morgan fingerprint density at radius 1 is 0.929 bits per heavy atom. The molecule has 0 heterocycles. The van der Waals surface area contributed by atoms with Crippen LogP contribution in [0.25, 0.3) is 0 Å². The average molecular weight is 267 g/mol. The number of unbranched alkanes of at least 4 members (excludes halogenated alkanes) is 5. The molecule has 3 heteroatoms. The van der Waals surface area contributed by atoms with Crippen LogP contribution in [-0.4, -0.2) is 18.9 Å². The molecule has 0 rings (SSSR count). The van der Waals surface area contributed by atoms with Crippen molar-refractivity contribution in [1.82, 2.24) is 0 Å². The Kier molecular flexibility index (Phi) is 8.94. The van der Waals surface area contributed by atoms with Crippen molar-refractivity contribution in [3.63, 3.8) is 0 Å². The van der Waals surface area contributed by atoms with Crippen molar-refractivity contribution < 1.29 is 9.47 Å². The van der Waals surface area contributed by atoms with Gasteiger partial charge in [-0.15, -0.1) is 0 Å². The molecular weight excluding hydrogens is 244 g/mol. The van der Waals surface area contributed by atoms with Crippen molar-refractivity contribution in [3.05, 3.63) is 0 Å². The Hall–Kier alpha value is 0.400. The van der Waals surface area contributed by atoms with Crippen molar-refractivity contribution in [1.29, 1.82) is 0 Å². The Bertz CT molecular complexity index is 124. The number of rotatable bonds is 9. The van der Waals surface area contributed by atoms with Crippen LogP contribution in [0.1, 0.15) is 51.9 Å². The molecule has 0 aromatic carbocycles. The summed E-state index contributed by atoms with van der Waals surface area (Å²) in [5.74, 6) is 0. The maximum atomic E-state index is 5.21. The van der Waals surface area contributed by atoms with Crippen molar-refractivity contribution in [3.8, 4) is 0 Å². The second-order valence-electron chi connectivity index (χ2n) is 3.59. The summed E-state index contributed by atoms with van der Waals surface area (Å²) in [7, 11) is 3.32. The molecule has 0 N–H and O–H groups in total. The molecule has 0 aliphatic carbocycles. The SMILES string of the molecule is CCCCCCCCC(Br)(OC)OC. The molecule has 0 aliphatic heterocycles. The second kappa shape index (κ2) is 8.69. The highest BCUT2D eigenvalue weighted by molar-refractivity contribution is 9.10. The van der Waals surface area contributed by atoms with E-state index in [0.717, 1.165) is 12.8 Å². The molecule has 0 bridgehead atoms. The van der Waals surface area contributed by atoms with Gasteiger partial charge in [0.1, 0.15) is 0 Å². The summed E-state index contributed by atoms with van der Waals surface area (Å²) in [6, 6.07) is 0. The lowest BCUT2D eigenvalue weighted by Gasteiger charge is -2.23. The molecule has 0 radical (unpaired) electrons. The normalized spacial score (nSPS) is 12.0. The first-order valence-corrected chi connectivity index (χ1v) is 6.27. The quantitative estimate of drug-likeness (QED) is 0.356. The highest BCUT2D eigenvalue weighted by Crippen LogP contribution is 2.26. The minimum Gasteiger partial charge on any atom is -0.344 e. The van der Waals surface area contributed by atoms with Crippen LogP contribution in [0.2, 0.25) is 0 Å². The van der Waals surface area contributed by atoms with Gasteiger partial charge in [-0.25, -0.2) is 0 Å². The third-order valence-corrected chi connectivity index (χ3v) is 3.48. The van der Waals surface area contributed by atoms with Crippen LogP contribution in [-0.2, 0) is 9.47 Å². The summed E-state index contributed by atoms with van der Waals surface area (Å²) in [5, 5.41) is 0. The zero-order valence-corrected chi connectivity index (χ0v) is 11.2. The topological polar surface area (TPSA) is 18.5 Å². The summed E-state index contributed by atoms with van der Waals surface area (Å²) in [6.45, 7) is 2.24. The Morgan fingerprint density at radius 2 is 1.43 bits per heavy atom. The maximum absolute atomic E-state index is 5.21. The zero-order chi connectivity index (χ0) is 10.9. The highest BCUT2D eigenvalue weighted by Gasteiger charge is 2.23. The van der Waals surface area contributed by atoms with Crippen molar-refractivity contribution in [2.75, 3.05) is 14.2 Å². The maximum Gasteiger partial charge on any atom is 0.225 e. The molecule has 86 valence electrons. The number of ether oxygens (including phenoxy) is 2. The van der Waals surface area contributed by atoms with Gasteiger partial charge in [0.2, 0.25) is 4.70 Å². The van der Waals surface area contributed by atoms with Crippen LogP contribution in [0.5, 0.6) is 0 Å². The molecule has 0 aromatic heterocycles. The third-order valence-electron chi connectivity index (χ3n) is 2.44. The van der Waals surface area contributed by atoms with E-state index < -0.39 is 4.70 Å².